The largest absolute Gasteiger partial charge is 0.467 e. The molecule has 1 aromatic heterocycles. The molecular formula is C27H30N2O3. The molecule has 0 aliphatic carbocycles. The number of nitrogens with zero attached hydrogens (tertiary/aromatic N) is 2. The van der Waals surface area contributed by atoms with E-state index >= 15 is 0 Å². The highest BCUT2D eigenvalue weighted by Gasteiger charge is 2.21. The molecule has 0 saturated heterocycles. The Kier molecular flexibility index (Phi) is 8.87. The SMILES string of the molecule is C=CCN(CC(=O)N(CCc1ccccc1)Cc1ccco1)C(=O)CCc1ccccc1. The van der Waals surface area contributed by atoms with Gasteiger partial charge < -0.3 is 14.2 Å². The van der Waals surface area contributed by atoms with Crippen molar-refractivity contribution in [1.29, 1.82) is 0 Å². The van der Waals surface area contributed by atoms with Crippen molar-refractivity contribution in [2.45, 2.75) is 25.8 Å². The second kappa shape index (κ2) is 12.3. The van der Waals surface area contributed by atoms with Crippen molar-refractivity contribution in [3.05, 3.63) is 109 Å². The summed E-state index contributed by atoms with van der Waals surface area (Å²) in [5, 5.41) is 0. The Bertz CT molecular complexity index is 969. The third-order valence-electron chi connectivity index (χ3n) is 5.29. The average molecular weight is 431 g/mol. The Morgan fingerprint density at radius 2 is 1.47 bits per heavy atom. The molecule has 3 aromatic rings. The van der Waals surface area contributed by atoms with Gasteiger partial charge in [-0.1, -0.05) is 66.7 Å². The van der Waals surface area contributed by atoms with E-state index in [1.165, 1.54) is 0 Å². The minimum atomic E-state index is -0.104. The Morgan fingerprint density at radius 1 is 0.812 bits per heavy atom. The highest BCUT2D eigenvalue weighted by Crippen LogP contribution is 2.11. The summed E-state index contributed by atoms with van der Waals surface area (Å²) < 4.78 is 5.46. The topological polar surface area (TPSA) is 53.8 Å². The van der Waals surface area contributed by atoms with E-state index in [0.717, 1.165) is 23.3 Å². The van der Waals surface area contributed by atoms with Crippen molar-refractivity contribution in [3.8, 4) is 0 Å². The second-order valence-electron chi connectivity index (χ2n) is 7.68. The summed E-state index contributed by atoms with van der Waals surface area (Å²) in [5.74, 6) is 0.562. The molecule has 2 amide bonds. The first-order valence-electron chi connectivity index (χ1n) is 10.9. The van der Waals surface area contributed by atoms with Gasteiger partial charge in [-0.3, -0.25) is 9.59 Å². The molecule has 32 heavy (non-hydrogen) atoms. The summed E-state index contributed by atoms with van der Waals surface area (Å²) in [6.45, 7) is 5.04. The number of rotatable bonds is 12. The first kappa shape index (κ1) is 23.1. The van der Waals surface area contributed by atoms with E-state index in [1.807, 2.05) is 72.8 Å². The van der Waals surface area contributed by atoms with Crippen LogP contribution in [0.4, 0.5) is 0 Å². The smallest absolute Gasteiger partial charge is 0.242 e. The van der Waals surface area contributed by atoms with Crippen LogP contribution in [-0.2, 0) is 29.0 Å². The van der Waals surface area contributed by atoms with E-state index in [9.17, 15) is 9.59 Å². The van der Waals surface area contributed by atoms with Gasteiger partial charge in [0, 0.05) is 19.5 Å². The van der Waals surface area contributed by atoms with Gasteiger partial charge in [-0.15, -0.1) is 6.58 Å². The fourth-order valence-electron chi connectivity index (χ4n) is 3.52. The maximum Gasteiger partial charge on any atom is 0.242 e. The van der Waals surface area contributed by atoms with Crippen molar-refractivity contribution in [2.75, 3.05) is 19.6 Å². The molecule has 0 saturated carbocycles. The van der Waals surface area contributed by atoms with E-state index in [4.69, 9.17) is 4.42 Å². The van der Waals surface area contributed by atoms with Crippen LogP contribution >= 0.6 is 0 Å². The lowest BCUT2D eigenvalue weighted by molar-refractivity contribution is -0.140. The lowest BCUT2D eigenvalue weighted by atomic mass is 10.1. The molecule has 0 aliphatic heterocycles. The Hall–Kier alpha value is -3.60. The molecule has 0 fully saturated rings. The molecule has 5 nitrogen and oxygen atoms in total. The second-order valence-corrected chi connectivity index (χ2v) is 7.68. The molecule has 0 spiro atoms. The number of amides is 2. The number of hydrogen-bond donors (Lipinski definition) is 0. The standard InChI is InChI=1S/C27H30N2O3/c1-2-18-28(26(30)16-15-23-10-5-3-6-11-23)22-27(31)29(21-25-14-9-20-32-25)19-17-24-12-7-4-8-13-24/h2-14,20H,1,15-19,21-22H2. The molecule has 0 bridgehead atoms. The first-order valence-corrected chi connectivity index (χ1v) is 10.9. The molecule has 166 valence electrons. The molecule has 0 atom stereocenters. The van der Waals surface area contributed by atoms with Gasteiger partial charge in [0.25, 0.3) is 0 Å². The van der Waals surface area contributed by atoms with Crippen molar-refractivity contribution in [3.63, 3.8) is 0 Å². The molecule has 2 aromatic carbocycles. The quantitative estimate of drug-likeness (QED) is 0.398. The van der Waals surface area contributed by atoms with Crippen LogP contribution < -0.4 is 0 Å². The van der Waals surface area contributed by atoms with Gasteiger partial charge in [0.05, 0.1) is 12.8 Å². The fraction of sp³-hybridized carbons (Fsp3) is 0.259. The zero-order valence-electron chi connectivity index (χ0n) is 18.4. The Morgan fingerprint density at radius 3 is 2.06 bits per heavy atom. The van der Waals surface area contributed by atoms with Gasteiger partial charge in [-0.25, -0.2) is 0 Å². The van der Waals surface area contributed by atoms with Crippen LogP contribution in [0.25, 0.3) is 0 Å². The van der Waals surface area contributed by atoms with Gasteiger partial charge >= 0.3 is 0 Å². The summed E-state index contributed by atoms with van der Waals surface area (Å²) in [7, 11) is 0. The summed E-state index contributed by atoms with van der Waals surface area (Å²) >= 11 is 0. The van der Waals surface area contributed by atoms with E-state index < -0.39 is 0 Å². The van der Waals surface area contributed by atoms with Crippen LogP contribution in [0, 0.1) is 0 Å². The third kappa shape index (κ3) is 7.27. The van der Waals surface area contributed by atoms with E-state index in [0.29, 0.717) is 32.5 Å². The Labute approximate surface area is 190 Å². The van der Waals surface area contributed by atoms with Crippen LogP contribution in [0.5, 0.6) is 0 Å². The van der Waals surface area contributed by atoms with Crippen molar-refractivity contribution < 1.29 is 14.0 Å². The Balaban J connectivity index is 1.63. The van der Waals surface area contributed by atoms with Gasteiger partial charge in [0.1, 0.15) is 12.3 Å². The molecule has 0 unspecified atom stereocenters. The minimum Gasteiger partial charge on any atom is -0.467 e. The minimum absolute atomic E-state index is 0.0230. The number of hydrogen-bond acceptors (Lipinski definition) is 3. The van der Waals surface area contributed by atoms with Crippen molar-refractivity contribution >= 4 is 11.8 Å². The predicted molar refractivity (Wildman–Crippen MR) is 126 cm³/mol. The lowest BCUT2D eigenvalue weighted by Crippen LogP contribution is -2.43. The van der Waals surface area contributed by atoms with Crippen LogP contribution in [0.1, 0.15) is 23.3 Å². The predicted octanol–water partition coefficient (Wildman–Crippen LogP) is 4.50. The zero-order chi connectivity index (χ0) is 22.6. The van der Waals surface area contributed by atoms with Gasteiger partial charge in [-0.2, -0.15) is 0 Å². The van der Waals surface area contributed by atoms with Crippen LogP contribution in [-0.4, -0.2) is 41.2 Å². The van der Waals surface area contributed by atoms with Crippen molar-refractivity contribution in [1.82, 2.24) is 9.80 Å². The number of carbonyl (C=O) groups is 2. The molecule has 0 radical (unpaired) electrons. The normalized spacial score (nSPS) is 10.5. The average Bonchev–Trinajstić information content (AvgIpc) is 3.34. The van der Waals surface area contributed by atoms with E-state index in [-0.39, 0.29) is 18.4 Å². The molecule has 5 heteroatoms. The molecular weight excluding hydrogens is 400 g/mol. The van der Waals surface area contributed by atoms with Crippen LogP contribution in [0.15, 0.2) is 96.1 Å². The number of carbonyl (C=O) groups excluding carboxylic acids is 2. The van der Waals surface area contributed by atoms with Crippen LogP contribution in [0.2, 0.25) is 0 Å². The monoisotopic (exact) mass is 430 g/mol. The summed E-state index contributed by atoms with van der Waals surface area (Å²) in [6, 6.07) is 23.6. The first-order chi connectivity index (χ1) is 15.7. The molecule has 1 heterocycles. The highest BCUT2D eigenvalue weighted by atomic mass is 16.3. The number of benzene rings is 2. The number of aryl methyl sites for hydroxylation is 1. The van der Waals surface area contributed by atoms with Gasteiger partial charge in [0.15, 0.2) is 0 Å². The van der Waals surface area contributed by atoms with Gasteiger partial charge in [-0.05, 0) is 36.1 Å². The van der Waals surface area contributed by atoms with E-state index in [2.05, 4.69) is 6.58 Å². The van der Waals surface area contributed by atoms with Gasteiger partial charge in [0.2, 0.25) is 11.8 Å². The molecule has 0 aliphatic rings. The summed E-state index contributed by atoms with van der Waals surface area (Å²) in [5.41, 5.74) is 2.26. The summed E-state index contributed by atoms with van der Waals surface area (Å²) in [4.78, 5) is 29.4. The maximum atomic E-state index is 13.2. The maximum absolute atomic E-state index is 13.2. The molecule has 3 rings (SSSR count). The zero-order valence-corrected chi connectivity index (χ0v) is 18.4. The fourth-order valence-corrected chi connectivity index (χ4v) is 3.52. The van der Waals surface area contributed by atoms with Crippen molar-refractivity contribution in [2.24, 2.45) is 0 Å². The third-order valence-corrected chi connectivity index (χ3v) is 5.29. The van der Waals surface area contributed by atoms with E-state index in [1.54, 1.807) is 22.1 Å². The lowest BCUT2D eigenvalue weighted by Gasteiger charge is -2.27. The highest BCUT2D eigenvalue weighted by molar-refractivity contribution is 5.85. The van der Waals surface area contributed by atoms with Crippen LogP contribution in [0.3, 0.4) is 0 Å². The molecule has 0 N–H and O–H groups in total. The number of furan rings is 1. The summed E-state index contributed by atoms with van der Waals surface area (Å²) in [6.07, 6.45) is 5.00.